The fourth-order valence-corrected chi connectivity index (χ4v) is 2.45. The minimum atomic E-state index is -0.319. The van der Waals surface area contributed by atoms with Gasteiger partial charge in [-0.1, -0.05) is 29.8 Å². The molecule has 0 saturated carbocycles. The van der Waals surface area contributed by atoms with Crippen LogP contribution in [0.25, 0.3) is 16.9 Å². The molecule has 0 bridgehead atoms. The lowest BCUT2D eigenvalue weighted by molar-refractivity contribution is 0.0857. The molecule has 1 N–H and O–H groups in total. The lowest BCUT2D eigenvalue weighted by Crippen LogP contribution is -2.36. The Hall–Kier alpha value is -2.99. The second kappa shape index (κ2) is 6.86. The van der Waals surface area contributed by atoms with Crippen LogP contribution in [0.5, 0.6) is 0 Å². The molecule has 1 amide bonds. The van der Waals surface area contributed by atoms with E-state index in [1.807, 2.05) is 31.2 Å². The molecule has 0 aliphatic rings. The van der Waals surface area contributed by atoms with Crippen LogP contribution in [0.4, 0.5) is 4.39 Å². The largest absolute Gasteiger partial charge is 0.285 e. The first-order valence-electron chi connectivity index (χ1n) is 7.85. The molecular weight excluding hydrogens is 319 g/mol. The van der Waals surface area contributed by atoms with Crippen molar-refractivity contribution in [2.45, 2.75) is 6.92 Å². The Morgan fingerprint density at radius 1 is 1.08 bits per heavy atom. The number of amides is 1. The number of carbonyl (C=O) groups is 1. The maximum Gasteiger partial charge on any atom is 0.269 e. The molecule has 0 aliphatic carbocycles. The van der Waals surface area contributed by atoms with Gasteiger partial charge in [-0.3, -0.25) is 10.2 Å². The molecule has 0 atom stereocenters. The first-order valence-corrected chi connectivity index (χ1v) is 7.85. The van der Waals surface area contributed by atoms with Gasteiger partial charge in [0.15, 0.2) is 0 Å². The smallest absolute Gasteiger partial charge is 0.269 e. The first kappa shape index (κ1) is 16.9. The van der Waals surface area contributed by atoms with E-state index in [2.05, 4.69) is 10.5 Å². The van der Waals surface area contributed by atoms with Crippen molar-refractivity contribution in [2.24, 2.45) is 0 Å². The van der Waals surface area contributed by atoms with Crippen LogP contribution in [-0.2, 0) is 0 Å². The predicted octanol–water partition coefficient (Wildman–Crippen LogP) is 3.19. The number of aryl methyl sites for hydroxylation is 1. The van der Waals surface area contributed by atoms with Crippen molar-refractivity contribution in [1.29, 1.82) is 0 Å². The van der Waals surface area contributed by atoms with Gasteiger partial charge >= 0.3 is 0 Å². The monoisotopic (exact) mass is 338 g/mol. The van der Waals surface area contributed by atoms with E-state index in [9.17, 15) is 9.18 Å². The van der Waals surface area contributed by atoms with Gasteiger partial charge in [0.1, 0.15) is 11.5 Å². The molecule has 128 valence electrons. The molecule has 6 heteroatoms. The molecule has 0 saturated heterocycles. The van der Waals surface area contributed by atoms with Crippen LogP contribution in [0, 0.1) is 12.7 Å². The van der Waals surface area contributed by atoms with Crippen LogP contribution in [0.2, 0.25) is 0 Å². The summed E-state index contributed by atoms with van der Waals surface area (Å²) in [6.07, 6.45) is 1.65. The highest BCUT2D eigenvalue weighted by atomic mass is 19.1. The van der Waals surface area contributed by atoms with Crippen molar-refractivity contribution in [3.05, 3.63) is 71.7 Å². The maximum atomic E-state index is 13.2. The van der Waals surface area contributed by atoms with Crippen molar-refractivity contribution in [2.75, 3.05) is 14.1 Å². The number of nitrogens with zero attached hydrogens (tertiary/aromatic N) is 3. The zero-order valence-electron chi connectivity index (χ0n) is 14.3. The molecule has 25 heavy (non-hydrogen) atoms. The van der Waals surface area contributed by atoms with Crippen molar-refractivity contribution >= 4 is 5.91 Å². The van der Waals surface area contributed by atoms with Gasteiger partial charge in [0.05, 0.1) is 11.3 Å². The molecule has 2 aromatic carbocycles. The molecular formula is C19H19FN4O. The zero-order chi connectivity index (χ0) is 18.0. The zero-order valence-corrected chi connectivity index (χ0v) is 14.3. The Kier molecular flexibility index (Phi) is 4.63. The summed E-state index contributed by atoms with van der Waals surface area (Å²) in [5.41, 5.74) is 6.40. The molecule has 3 aromatic rings. The highest BCUT2D eigenvalue weighted by Gasteiger charge is 2.19. The minimum absolute atomic E-state index is 0.256. The third-order valence-corrected chi connectivity index (χ3v) is 3.70. The molecule has 0 radical (unpaired) electrons. The van der Waals surface area contributed by atoms with Crippen LogP contribution >= 0.6 is 0 Å². The van der Waals surface area contributed by atoms with E-state index >= 15 is 0 Å². The Labute approximate surface area is 145 Å². The standard InChI is InChI=1S/C19H19FN4O/c1-13-4-6-14(7-5-13)18-17(19(25)22-23(2)3)12-24(21-18)16-10-8-15(20)9-11-16/h4-12H,1-3H3,(H,22,25). The Bertz CT molecular complexity index is 883. The van der Waals surface area contributed by atoms with Crippen molar-refractivity contribution in [3.63, 3.8) is 0 Å². The van der Waals surface area contributed by atoms with Crippen LogP contribution in [0.15, 0.2) is 54.7 Å². The Balaban J connectivity index is 2.09. The minimum Gasteiger partial charge on any atom is -0.285 e. The summed E-state index contributed by atoms with van der Waals surface area (Å²) in [5, 5.41) is 6.13. The Morgan fingerprint density at radius 2 is 1.72 bits per heavy atom. The number of rotatable bonds is 4. The average Bonchev–Trinajstić information content (AvgIpc) is 3.01. The summed E-state index contributed by atoms with van der Waals surface area (Å²) < 4.78 is 14.7. The first-order chi connectivity index (χ1) is 11.9. The lowest BCUT2D eigenvalue weighted by Gasteiger charge is -2.11. The van der Waals surface area contributed by atoms with Crippen LogP contribution in [0.3, 0.4) is 0 Å². The fourth-order valence-electron chi connectivity index (χ4n) is 2.45. The number of carbonyl (C=O) groups excluding carboxylic acids is 1. The molecule has 0 spiro atoms. The molecule has 0 fully saturated rings. The highest BCUT2D eigenvalue weighted by Crippen LogP contribution is 2.24. The third-order valence-electron chi connectivity index (χ3n) is 3.70. The van der Waals surface area contributed by atoms with Crippen molar-refractivity contribution < 1.29 is 9.18 Å². The fraction of sp³-hybridized carbons (Fsp3) is 0.158. The number of aromatic nitrogens is 2. The summed E-state index contributed by atoms with van der Waals surface area (Å²) in [5.74, 6) is -0.575. The number of benzene rings is 2. The average molecular weight is 338 g/mol. The van der Waals surface area contributed by atoms with E-state index in [0.717, 1.165) is 11.1 Å². The molecule has 3 rings (SSSR count). The van der Waals surface area contributed by atoms with E-state index in [1.54, 1.807) is 42.1 Å². The highest BCUT2D eigenvalue weighted by molar-refractivity contribution is 5.99. The molecule has 5 nitrogen and oxygen atoms in total. The van der Waals surface area contributed by atoms with Gasteiger partial charge < -0.3 is 0 Å². The molecule has 1 aromatic heterocycles. The SMILES string of the molecule is Cc1ccc(-c2nn(-c3ccc(F)cc3)cc2C(=O)NN(C)C)cc1. The molecule has 0 aliphatic heterocycles. The van der Waals surface area contributed by atoms with Gasteiger partial charge in [0.2, 0.25) is 0 Å². The number of hydrazine groups is 1. The topological polar surface area (TPSA) is 50.2 Å². The van der Waals surface area contributed by atoms with Crippen molar-refractivity contribution in [1.82, 2.24) is 20.2 Å². The summed E-state index contributed by atoms with van der Waals surface area (Å²) >= 11 is 0. The second-order valence-electron chi connectivity index (χ2n) is 6.01. The lowest BCUT2D eigenvalue weighted by atomic mass is 10.1. The number of hydrogen-bond acceptors (Lipinski definition) is 3. The van der Waals surface area contributed by atoms with Crippen LogP contribution in [0.1, 0.15) is 15.9 Å². The molecule has 0 unspecified atom stereocenters. The number of nitrogens with one attached hydrogen (secondary N) is 1. The molecule has 1 heterocycles. The number of halogens is 1. The van der Waals surface area contributed by atoms with Crippen molar-refractivity contribution in [3.8, 4) is 16.9 Å². The normalized spacial score (nSPS) is 10.9. The predicted molar refractivity (Wildman–Crippen MR) is 94.8 cm³/mol. The Morgan fingerprint density at radius 3 is 2.32 bits per heavy atom. The van der Waals surface area contributed by atoms with E-state index in [0.29, 0.717) is 16.9 Å². The van der Waals surface area contributed by atoms with Gasteiger partial charge in [-0.15, -0.1) is 0 Å². The van der Waals surface area contributed by atoms with Gasteiger partial charge in [0.25, 0.3) is 5.91 Å². The summed E-state index contributed by atoms with van der Waals surface area (Å²) in [7, 11) is 3.49. The van der Waals surface area contributed by atoms with Gasteiger partial charge in [-0.25, -0.2) is 14.1 Å². The van der Waals surface area contributed by atoms with E-state index in [-0.39, 0.29) is 11.7 Å². The number of hydrogen-bond donors (Lipinski definition) is 1. The van der Waals surface area contributed by atoms with Gasteiger partial charge in [0, 0.05) is 25.9 Å². The quantitative estimate of drug-likeness (QED) is 0.743. The maximum absolute atomic E-state index is 13.2. The van der Waals surface area contributed by atoms with Crippen LogP contribution < -0.4 is 5.43 Å². The summed E-state index contributed by atoms with van der Waals surface area (Å²) in [6, 6.07) is 13.8. The van der Waals surface area contributed by atoms with E-state index in [4.69, 9.17) is 0 Å². The van der Waals surface area contributed by atoms with Gasteiger partial charge in [-0.05, 0) is 31.2 Å². The van der Waals surface area contributed by atoms with Gasteiger partial charge in [-0.2, -0.15) is 5.10 Å². The van der Waals surface area contributed by atoms with E-state index < -0.39 is 0 Å². The summed E-state index contributed by atoms with van der Waals surface area (Å²) in [6.45, 7) is 2.00. The van der Waals surface area contributed by atoms with Crippen LogP contribution in [-0.4, -0.2) is 34.8 Å². The third kappa shape index (κ3) is 3.75. The summed E-state index contributed by atoms with van der Waals surface area (Å²) in [4.78, 5) is 12.5. The van der Waals surface area contributed by atoms with E-state index in [1.165, 1.54) is 12.1 Å². The second-order valence-corrected chi connectivity index (χ2v) is 6.01.